The SMILES string of the molecule is CCCCN(C(=O)c1cc(Br)cc(Br)c1)C(C)CC. The molecule has 1 unspecified atom stereocenters. The summed E-state index contributed by atoms with van der Waals surface area (Å²) in [5, 5.41) is 0. The summed E-state index contributed by atoms with van der Waals surface area (Å²) in [5.74, 6) is 0.116. The Morgan fingerprint density at radius 1 is 1.21 bits per heavy atom. The van der Waals surface area contributed by atoms with E-state index in [0.29, 0.717) is 0 Å². The third-order valence-corrected chi connectivity index (χ3v) is 4.16. The van der Waals surface area contributed by atoms with Crippen molar-refractivity contribution in [3.8, 4) is 0 Å². The fourth-order valence-corrected chi connectivity index (χ4v) is 3.21. The molecule has 106 valence electrons. The molecule has 0 fully saturated rings. The number of benzene rings is 1. The van der Waals surface area contributed by atoms with Gasteiger partial charge in [-0.05, 0) is 38.0 Å². The van der Waals surface area contributed by atoms with Crippen molar-refractivity contribution in [2.75, 3.05) is 6.54 Å². The minimum Gasteiger partial charge on any atom is -0.336 e. The summed E-state index contributed by atoms with van der Waals surface area (Å²) in [6.07, 6.45) is 3.12. The number of hydrogen-bond acceptors (Lipinski definition) is 1. The van der Waals surface area contributed by atoms with Crippen LogP contribution in [-0.4, -0.2) is 23.4 Å². The average Bonchev–Trinajstić information content (AvgIpc) is 2.37. The molecule has 0 bridgehead atoms. The predicted molar refractivity (Wildman–Crippen MR) is 87.5 cm³/mol. The Labute approximate surface area is 132 Å². The highest BCUT2D eigenvalue weighted by Crippen LogP contribution is 2.22. The fraction of sp³-hybridized carbons (Fsp3) is 0.533. The Kier molecular flexibility index (Phi) is 7.08. The Bertz CT molecular complexity index is 414. The van der Waals surface area contributed by atoms with Crippen molar-refractivity contribution < 1.29 is 4.79 Å². The molecule has 0 aliphatic carbocycles. The van der Waals surface area contributed by atoms with Gasteiger partial charge in [0.25, 0.3) is 5.91 Å². The second-order valence-corrected chi connectivity index (χ2v) is 6.60. The van der Waals surface area contributed by atoms with Gasteiger partial charge in [0.2, 0.25) is 0 Å². The van der Waals surface area contributed by atoms with E-state index in [0.717, 1.165) is 40.3 Å². The zero-order chi connectivity index (χ0) is 14.4. The first-order valence-corrected chi connectivity index (χ1v) is 8.35. The summed E-state index contributed by atoms with van der Waals surface area (Å²) in [5.41, 5.74) is 0.734. The molecule has 4 heteroatoms. The van der Waals surface area contributed by atoms with E-state index in [-0.39, 0.29) is 11.9 Å². The Morgan fingerprint density at radius 3 is 2.26 bits per heavy atom. The first kappa shape index (κ1) is 16.7. The van der Waals surface area contributed by atoms with Crippen molar-refractivity contribution in [2.24, 2.45) is 0 Å². The molecule has 2 nitrogen and oxygen atoms in total. The van der Waals surface area contributed by atoms with Crippen LogP contribution in [0, 0.1) is 0 Å². The molecule has 1 aromatic carbocycles. The highest BCUT2D eigenvalue weighted by Gasteiger charge is 2.20. The number of carbonyl (C=O) groups is 1. The van der Waals surface area contributed by atoms with Crippen LogP contribution < -0.4 is 0 Å². The van der Waals surface area contributed by atoms with Gasteiger partial charge in [-0.3, -0.25) is 4.79 Å². The van der Waals surface area contributed by atoms with Gasteiger partial charge in [0, 0.05) is 27.1 Å². The van der Waals surface area contributed by atoms with Crippen molar-refractivity contribution in [3.63, 3.8) is 0 Å². The summed E-state index contributed by atoms with van der Waals surface area (Å²) >= 11 is 6.87. The quantitative estimate of drug-likeness (QED) is 0.649. The zero-order valence-electron chi connectivity index (χ0n) is 11.7. The number of hydrogen-bond donors (Lipinski definition) is 0. The zero-order valence-corrected chi connectivity index (χ0v) is 14.9. The number of rotatable bonds is 6. The molecule has 0 saturated heterocycles. The van der Waals surface area contributed by atoms with Gasteiger partial charge in [-0.25, -0.2) is 0 Å². The second kappa shape index (κ2) is 8.05. The summed E-state index contributed by atoms with van der Waals surface area (Å²) in [4.78, 5) is 14.6. The Morgan fingerprint density at radius 2 is 1.79 bits per heavy atom. The number of nitrogens with zero attached hydrogens (tertiary/aromatic N) is 1. The van der Waals surface area contributed by atoms with Gasteiger partial charge in [0.15, 0.2) is 0 Å². The van der Waals surface area contributed by atoms with E-state index in [1.54, 1.807) is 0 Å². The summed E-state index contributed by atoms with van der Waals surface area (Å²) < 4.78 is 1.84. The topological polar surface area (TPSA) is 20.3 Å². The molecule has 0 radical (unpaired) electrons. The Balaban J connectivity index is 2.97. The standard InChI is InChI=1S/C15H21Br2NO/c1-4-6-7-18(11(3)5-2)15(19)12-8-13(16)10-14(17)9-12/h8-11H,4-7H2,1-3H3. The lowest BCUT2D eigenvalue weighted by Gasteiger charge is -2.29. The molecule has 0 aliphatic rings. The van der Waals surface area contributed by atoms with Gasteiger partial charge in [-0.1, -0.05) is 52.1 Å². The molecule has 0 aliphatic heterocycles. The maximum Gasteiger partial charge on any atom is 0.254 e. The van der Waals surface area contributed by atoms with Crippen LogP contribution in [0.3, 0.4) is 0 Å². The van der Waals surface area contributed by atoms with Crippen LogP contribution >= 0.6 is 31.9 Å². The van der Waals surface area contributed by atoms with Gasteiger partial charge < -0.3 is 4.90 Å². The minimum absolute atomic E-state index is 0.116. The normalized spacial score (nSPS) is 12.3. The van der Waals surface area contributed by atoms with Gasteiger partial charge in [0.1, 0.15) is 0 Å². The molecule has 1 aromatic rings. The molecular weight excluding hydrogens is 370 g/mol. The molecule has 0 N–H and O–H groups in total. The van der Waals surface area contributed by atoms with Crippen molar-refractivity contribution in [1.82, 2.24) is 4.90 Å². The first-order chi connectivity index (χ1) is 8.99. The summed E-state index contributed by atoms with van der Waals surface area (Å²) in [6, 6.07) is 5.98. The molecule has 1 atom stereocenters. The molecule has 0 aromatic heterocycles. The molecule has 19 heavy (non-hydrogen) atoms. The van der Waals surface area contributed by atoms with E-state index < -0.39 is 0 Å². The average molecular weight is 391 g/mol. The maximum atomic E-state index is 12.6. The lowest BCUT2D eigenvalue weighted by molar-refractivity contribution is 0.0685. The summed E-state index contributed by atoms with van der Waals surface area (Å²) in [6.45, 7) is 7.21. The largest absolute Gasteiger partial charge is 0.336 e. The highest BCUT2D eigenvalue weighted by atomic mass is 79.9. The minimum atomic E-state index is 0.116. The summed E-state index contributed by atoms with van der Waals surface area (Å²) in [7, 11) is 0. The van der Waals surface area contributed by atoms with Crippen molar-refractivity contribution in [3.05, 3.63) is 32.7 Å². The van der Waals surface area contributed by atoms with Crippen LogP contribution in [0.1, 0.15) is 50.4 Å². The second-order valence-electron chi connectivity index (χ2n) is 4.77. The maximum absolute atomic E-state index is 12.6. The van der Waals surface area contributed by atoms with Crippen molar-refractivity contribution in [2.45, 2.75) is 46.1 Å². The highest BCUT2D eigenvalue weighted by molar-refractivity contribution is 9.11. The van der Waals surface area contributed by atoms with Gasteiger partial charge in [-0.15, -0.1) is 0 Å². The van der Waals surface area contributed by atoms with Crippen LogP contribution in [-0.2, 0) is 0 Å². The van der Waals surface area contributed by atoms with E-state index in [1.165, 1.54) is 0 Å². The monoisotopic (exact) mass is 389 g/mol. The van der Waals surface area contributed by atoms with Crippen LogP contribution in [0.4, 0.5) is 0 Å². The van der Waals surface area contributed by atoms with Gasteiger partial charge in [0.05, 0.1) is 0 Å². The van der Waals surface area contributed by atoms with E-state index in [4.69, 9.17) is 0 Å². The molecule has 0 spiro atoms. The molecule has 0 heterocycles. The third kappa shape index (κ3) is 4.92. The number of halogens is 2. The van der Waals surface area contributed by atoms with E-state index in [1.807, 2.05) is 23.1 Å². The lowest BCUT2D eigenvalue weighted by atomic mass is 10.1. The molecular formula is C15H21Br2NO. The molecule has 0 saturated carbocycles. The van der Waals surface area contributed by atoms with Crippen LogP contribution in [0.15, 0.2) is 27.1 Å². The van der Waals surface area contributed by atoms with E-state index in [9.17, 15) is 4.79 Å². The molecule has 1 amide bonds. The van der Waals surface area contributed by atoms with E-state index >= 15 is 0 Å². The predicted octanol–water partition coefficient (Wildman–Crippen LogP) is 5.25. The first-order valence-electron chi connectivity index (χ1n) is 6.76. The fourth-order valence-electron chi connectivity index (χ4n) is 1.91. The molecule has 1 rings (SSSR count). The van der Waals surface area contributed by atoms with Crippen molar-refractivity contribution in [1.29, 1.82) is 0 Å². The Hall–Kier alpha value is -0.350. The number of unbranched alkanes of at least 4 members (excludes halogenated alkanes) is 1. The van der Waals surface area contributed by atoms with E-state index in [2.05, 4.69) is 52.6 Å². The lowest BCUT2D eigenvalue weighted by Crippen LogP contribution is -2.39. The van der Waals surface area contributed by atoms with Crippen LogP contribution in [0.25, 0.3) is 0 Å². The third-order valence-electron chi connectivity index (χ3n) is 3.25. The van der Waals surface area contributed by atoms with Crippen molar-refractivity contribution >= 4 is 37.8 Å². The number of amides is 1. The van der Waals surface area contributed by atoms with Gasteiger partial charge >= 0.3 is 0 Å². The number of carbonyl (C=O) groups excluding carboxylic acids is 1. The van der Waals surface area contributed by atoms with Gasteiger partial charge in [-0.2, -0.15) is 0 Å². The van der Waals surface area contributed by atoms with Crippen LogP contribution in [0.5, 0.6) is 0 Å². The smallest absolute Gasteiger partial charge is 0.254 e. The van der Waals surface area contributed by atoms with Crippen LogP contribution in [0.2, 0.25) is 0 Å².